The first-order chi connectivity index (χ1) is 9.86. The molecular weight excluding hydrogens is 387 g/mol. The molecule has 3 N–H and O–H groups in total. The molecule has 1 fully saturated rings. The fraction of sp³-hybridized carbons (Fsp3) is 0.429. The Morgan fingerprint density at radius 1 is 1.48 bits per heavy atom. The number of carbonyl (C=O) groups is 2. The standard InChI is InChI=1S/C14H17IN2O4/c1-8-4-9(15)2-3-11(8)16-13(19)7-17-6-10(18)5-12(17)14(20)21/h2-4,10,12,18H,5-7H2,1H3,(H,16,19)(H,20,21). The molecule has 0 spiro atoms. The predicted molar refractivity (Wildman–Crippen MR) is 86.1 cm³/mol. The molecule has 1 aliphatic rings. The minimum absolute atomic E-state index is 0.0422. The zero-order valence-corrected chi connectivity index (χ0v) is 13.7. The number of aliphatic carboxylic acids is 1. The van der Waals surface area contributed by atoms with Gasteiger partial charge in [0.25, 0.3) is 0 Å². The van der Waals surface area contributed by atoms with Crippen LogP contribution in [0.4, 0.5) is 5.69 Å². The zero-order chi connectivity index (χ0) is 15.6. The monoisotopic (exact) mass is 404 g/mol. The number of anilines is 1. The van der Waals surface area contributed by atoms with E-state index in [1.54, 1.807) is 0 Å². The Bertz CT molecular complexity index is 564. The largest absolute Gasteiger partial charge is 0.480 e. The normalized spacial score (nSPS) is 22.2. The minimum Gasteiger partial charge on any atom is -0.480 e. The number of hydrogen-bond donors (Lipinski definition) is 3. The highest BCUT2D eigenvalue weighted by molar-refractivity contribution is 14.1. The molecule has 21 heavy (non-hydrogen) atoms. The number of aryl methyl sites for hydroxylation is 1. The van der Waals surface area contributed by atoms with Crippen LogP contribution in [0.1, 0.15) is 12.0 Å². The van der Waals surface area contributed by atoms with Crippen LogP contribution in [0.5, 0.6) is 0 Å². The van der Waals surface area contributed by atoms with E-state index in [0.29, 0.717) is 5.69 Å². The van der Waals surface area contributed by atoms with Crippen molar-refractivity contribution < 1.29 is 19.8 Å². The summed E-state index contributed by atoms with van der Waals surface area (Å²) in [5.41, 5.74) is 1.67. The molecule has 114 valence electrons. The molecule has 2 rings (SSSR count). The number of nitrogens with zero attached hydrogens (tertiary/aromatic N) is 1. The maximum Gasteiger partial charge on any atom is 0.321 e. The second kappa shape index (κ2) is 6.71. The number of hydrogen-bond acceptors (Lipinski definition) is 4. The van der Waals surface area contributed by atoms with E-state index in [4.69, 9.17) is 5.11 Å². The van der Waals surface area contributed by atoms with Crippen LogP contribution in [0.25, 0.3) is 0 Å². The van der Waals surface area contributed by atoms with Crippen molar-refractivity contribution in [1.29, 1.82) is 0 Å². The molecule has 1 heterocycles. The number of amides is 1. The van der Waals surface area contributed by atoms with Crippen molar-refractivity contribution in [1.82, 2.24) is 4.90 Å². The van der Waals surface area contributed by atoms with Gasteiger partial charge in [-0.2, -0.15) is 0 Å². The van der Waals surface area contributed by atoms with E-state index >= 15 is 0 Å². The van der Waals surface area contributed by atoms with Gasteiger partial charge in [-0.3, -0.25) is 14.5 Å². The Morgan fingerprint density at radius 2 is 2.19 bits per heavy atom. The average molecular weight is 404 g/mol. The molecule has 2 atom stereocenters. The highest BCUT2D eigenvalue weighted by Crippen LogP contribution is 2.20. The van der Waals surface area contributed by atoms with Crippen LogP contribution >= 0.6 is 22.6 Å². The molecule has 1 saturated heterocycles. The molecule has 1 aromatic carbocycles. The van der Waals surface area contributed by atoms with Crippen LogP contribution < -0.4 is 5.32 Å². The Kier molecular flexibility index (Phi) is 5.17. The van der Waals surface area contributed by atoms with Crippen LogP contribution in [0.3, 0.4) is 0 Å². The van der Waals surface area contributed by atoms with Gasteiger partial charge in [-0.15, -0.1) is 0 Å². The van der Waals surface area contributed by atoms with Crippen molar-refractivity contribution in [2.75, 3.05) is 18.4 Å². The second-order valence-corrected chi connectivity index (χ2v) is 6.43. The van der Waals surface area contributed by atoms with Crippen molar-refractivity contribution in [3.63, 3.8) is 0 Å². The SMILES string of the molecule is Cc1cc(I)ccc1NC(=O)CN1CC(O)CC1C(=O)O. The van der Waals surface area contributed by atoms with Crippen molar-refractivity contribution in [3.8, 4) is 0 Å². The number of carboxylic acids is 1. The maximum absolute atomic E-state index is 12.1. The third kappa shape index (κ3) is 4.14. The average Bonchev–Trinajstić information content (AvgIpc) is 2.74. The van der Waals surface area contributed by atoms with E-state index in [0.717, 1.165) is 9.13 Å². The number of nitrogens with one attached hydrogen (secondary N) is 1. The first kappa shape index (κ1) is 16.2. The summed E-state index contributed by atoms with van der Waals surface area (Å²) in [7, 11) is 0. The summed E-state index contributed by atoms with van der Waals surface area (Å²) in [5, 5.41) is 21.4. The molecule has 1 aliphatic heterocycles. The number of likely N-dealkylation sites (tertiary alicyclic amines) is 1. The summed E-state index contributed by atoms with van der Waals surface area (Å²) in [6.45, 7) is 2.06. The third-order valence-corrected chi connectivity index (χ3v) is 4.15. The number of benzene rings is 1. The molecule has 1 amide bonds. The summed E-state index contributed by atoms with van der Waals surface area (Å²) >= 11 is 2.19. The lowest BCUT2D eigenvalue weighted by molar-refractivity contribution is -0.142. The molecule has 6 nitrogen and oxygen atoms in total. The molecule has 0 radical (unpaired) electrons. The lowest BCUT2D eigenvalue weighted by Crippen LogP contribution is -2.41. The summed E-state index contributed by atoms with van der Waals surface area (Å²) in [6.07, 6.45) is -0.538. The van der Waals surface area contributed by atoms with Gasteiger partial charge >= 0.3 is 5.97 Å². The van der Waals surface area contributed by atoms with Gasteiger partial charge in [-0.05, 0) is 53.3 Å². The van der Waals surface area contributed by atoms with Gasteiger partial charge in [-0.25, -0.2) is 0 Å². The fourth-order valence-corrected chi connectivity index (χ4v) is 3.10. The topological polar surface area (TPSA) is 89.9 Å². The Balaban J connectivity index is 1.99. The Hall–Kier alpha value is -1.19. The minimum atomic E-state index is -1.01. The zero-order valence-electron chi connectivity index (χ0n) is 11.5. The Morgan fingerprint density at radius 3 is 2.81 bits per heavy atom. The van der Waals surface area contributed by atoms with E-state index in [1.165, 1.54) is 4.90 Å². The van der Waals surface area contributed by atoms with Crippen LogP contribution in [0.15, 0.2) is 18.2 Å². The Labute approximate surface area is 136 Å². The number of rotatable bonds is 4. The molecular formula is C14H17IN2O4. The highest BCUT2D eigenvalue weighted by atomic mass is 127. The van der Waals surface area contributed by atoms with E-state index in [2.05, 4.69) is 27.9 Å². The fourth-order valence-electron chi connectivity index (χ4n) is 2.45. The van der Waals surface area contributed by atoms with E-state index in [9.17, 15) is 14.7 Å². The molecule has 7 heteroatoms. The van der Waals surface area contributed by atoms with Gasteiger partial charge in [0.2, 0.25) is 5.91 Å². The van der Waals surface area contributed by atoms with Gasteiger partial charge in [0.1, 0.15) is 6.04 Å². The maximum atomic E-state index is 12.1. The second-order valence-electron chi connectivity index (χ2n) is 5.18. The quantitative estimate of drug-likeness (QED) is 0.654. The van der Waals surface area contributed by atoms with E-state index < -0.39 is 18.1 Å². The molecule has 0 aromatic heterocycles. The number of aliphatic hydroxyl groups is 1. The summed E-state index contributed by atoms with van der Waals surface area (Å²) in [4.78, 5) is 24.6. The smallest absolute Gasteiger partial charge is 0.321 e. The summed E-state index contributed by atoms with van der Waals surface area (Å²) in [5.74, 6) is -1.29. The van der Waals surface area contributed by atoms with E-state index in [1.807, 2.05) is 25.1 Å². The lowest BCUT2D eigenvalue weighted by Gasteiger charge is -2.20. The van der Waals surface area contributed by atoms with Crippen molar-refractivity contribution in [2.45, 2.75) is 25.5 Å². The van der Waals surface area contributed by atoms with Gasteiger partial charge in [-0.1, -0.05) is 0 Å². The van der Waals surface area contributed by atoms with Crippen molar-refractivity contribution >= 4 is 40.2 Å². The highest BCUT2D eigenvalue weighted by Gasteiger charge is 2.36. The first-order valence-electron chi connectivity index (χ1n) is 6.57. The number of carbonyl (C=O) groups excluding carboxylic acids is 1. The van der Waals surface area contributed by atoms with Crippen LogP contribution in [-0.4, -0.2) is 52.2 Å². The van der Waals surface area contributed by atoms with Crippen LogP contribution in [-0.2, 0) is 9.59 Å². The van der Waals surface area contributed by atoms with Crippen LogP contribution in [0.2, 0.25) is 0 Å². The number of β-amino-alcohol motifs (C(OH)–C–C–N with tert-alkyl or cyclic N) is 1. The van der Waals surface area contributed by atoms with Crippen LogP contribution in [0, 0.1) is 10.5 Å². The van der Waals surface area contributed by atoms with Gasteiger partial charge in [0, 0.05) is 22.2 Å². The molecule has 0 bridgehead atoms. The first-order valence-corrected chi connectivity index (χ1v) is 7.65. The molecule has 0 aliphatic carbocycles. The van der Waals surface area contributed by atoms with Gasteiger partial charge in [0.05, 0.1) is 12.6 Å². The lowest BCUT2D eigenvalue weighted by atomic mass is 10.2. The predicted octanol–water partition coefficient (Wildman–Crippen LogP) is 1.06. The third-order valence-electron chi connectivity index (χ3n) is 3.48. The van der Waals surface area contributed by atoms with Crippen molar-refractivity contribution in [3.05, 3.63) is 27.3 Å². The number of halogens is 1. The summed E-state index contributed by atoms with van der Waals surface area (Å²) in [6, 6.07) is 4.87. The van der Waals surface area contributed by atoms with Gasteiger partial charge < -0.3 is 15.5 Å². The van der Waals surface area contributed by atoms with E-state index in [-0.39, 0.29) is 25.4 Å². The summed E-state index contributed by atoms with van der Waals surface area (Å²) < 4.78 is 1.08. The number of aliphatic hydroxyl groups excluding tert-OH is 1. The van der Waals surface area contributed by atoms with Crippen molar-refractivity contribution in [2.24, 2.45) is 0 Å². The number of carboxylic acid groups (broad SMARTS) is 1. The molecule has 0 saturated carbocycles. The van der Waals surface area contributed by atoms with Gasteiger partial charge in [0.15, 0.2) is 0 Å². The molecule has 2 unspecified atom stereocenters. The molecule has 1 aromatic rings.